The third kappa shape index (κ3) is 6.07. The molecule has 1 aliphatic heterocycles. The Morgan fingerprint density at radius 2 is 1.71 bits per heavy atom. The molecule has 0 saturated carbocycles. The smallest absolute Gasteiger partial charge is 0.255 e. The summed E-state index contributed by atoms with van der Waals surface area (Å²) < 4.78 is 47.8. The summed E-state index contributed by atoms with van der Waals surface area (Å²) in [7, 11) is -4.07. The predicted molar refractivity (Wildman–Crippen MR) is 134 cm³/mol. The Morgan fingerprint density at radius 1 is 1.03 bits per heavy atom. The highest BCUT2D eigenvalue weighted by molar-refractivity contribution is 7.89. The van der Waals surface area contributed by atoms with Crippen LogP contribution in [0.3, 0.4) is 0 Å². The van der Waals surface area contributed by atoms with Crippen LogP contribution in [0.1, 0.15) is 35.7 Å². The molecule has 0 bridgehead atoms. The maximum atomic E-state index is 14.6. The monoisotopic (exact) mass is 496 g/mol. The van der Waals surface area contributed by atoms with Crippen molar-refractivity contribution in [2.75, 3.05) is 25.0 Å². The van der Waals surface area contributed by atoms with Crippen molar-refractivity contribution in [3.63, 3.8) is 0 Å². The van der Waals surface area contributed by atoms with Gasteiger partial charge in [0, 0.05) is 24.3 Å². The number of benzene rings is 3. The molecule has 1 fully saturated rings. The first-order valence-corrected chi connectivity index (χ1v) is 13.2. The topological polar surface area (TPSA) is 75.7 Å². The van der Waals surface area contributed by atoms with E-state index >= 15 is 0 Å². The third-order valence-corrected chi connectivity index (χ3v) is 8.09. The van der Waals surface area contributed by atoms with Crippen LogP contribution in [0.2, 0.25) is 0 Å². The van der Waals surface area contributed by atoms with E-state index < -0.39 is 26.6 Å². The molecular formula is C27H29FN2O4S. The second-order valence-corrected chi connectivity index (χ2v) is 10.5. The average Bonchev–Trinajstić information content (AvgIpc) is 2.86. The van der Waals surface area contributed by atoms with E-state index in [9.17, 15) is 17.6 Å². The largest absolute Gasteiger partial charge is 0.494 e. The molecule has 1 saturated heterocycles. The summed E-state index contributed by atoms with van der Waals surface area (Å²) in [6.45, 7) is 3.05. The summed E-state index contributed by atoms with van der Waals surface area (Å²) in [5.41, 5.74) is 1.82. The van der Waals surface area contributed by atoms with Gasteiger partial charge in [0.15, 0.2) is 0 Å². The molecule has 0 unspecified atom stereocenters. The van der Waals surface area contributed by atoms with Crippen molar-refractivity contribution < 1.29 is 22.3 Å². The molecule has 0 atom stereocenters. The van der Waals surface area contributed by atoms with Crippen molar-refractivity contribution in [1.82, 2.24) is 4.31 Å². The van der Waals surface area contributed by atoms with Crippen LogP contribution in [-0.4, -0.2) is 38.3 Å². The molecular weight excluding hydrogens is 467 g/mol. The highest BCUT2D eigenvalue weighted by atomic mass is 32.2. The van der Waals surface area contributed by atoms with Gasteiger partial charge in [0.1, 0.15) is 16.5 Å². The summed E-state index contributed by atoms with van der Waals surface area (Å²) in [5, 5.41) is 2.71. The molecule has 1 heterocycles. The van der Waals surface area contributed by atoms with Crippen molar-refractivity contribution >= 4 is 21.6 Å². The van der Waals surface area contributed by atoms with Crippen LogP contribution in [-0.2, 0) is 16.4 Å². The van der Waals surface area contributed by atoms with Crippen molar-refractivity contribution in [1.29, 1.82) is 0 Å². The molecule has 1 amide bonds. The molecule has 35 heavy (non-hydrogen) atoms. The van der Waals surface area contributed by atoms with Gasteiger partial charge in [0.25, 0.3) is 5.91 Å². The van der Waals surface area contributed by atoms with E-state index in [0.717, 1.165) is 18.6 Å². The minimum Gasteiger partial charge on any atom is -0.494 e. The minimum atomic E-state index is -4.07. The number of nitrogens with one attached hydrogen (secondary N) is 1. The second kappa shape index (κ2) is 11.0. The molecule has 1 aliphatic rings. The normalized spacial score (nSPS) is 15.0. The Morgan fingerprint density at radius 3 is 2.37 bits per heavy atom. The molecule has 4 rings (SSSR count). The molecule has 184 valence electrons. The van der Waals surface area contributed by atoms with Crippen LogP contribution >= 0.6 is 0 Å². The first kappa shape index (κ1) is 24.9. The van der Waals surface area contributed by atoms with Crippen LogP contribution in [0.5, 0.6) is 5.75 Å². The number of piperidine rings is 1. The fraction of sp³-hybridized carbons (Fsp3) is 0.296. The van der Waals surface area contributed by atoms with Gasteiger partial charge in [-0.2, -0.15) is 4.31 Å². The fourth-order valence-corrected chi connectivity index (χ4v) is 5.85. The van der Waals surface area contributed by atoms with Crippen molar-refractivity contribution in [3.8, 4) is 5.75 Å². The van der Waals surface area contributed by atoms with E-state index in [2.05, 4.69) is 17.4 Å². The maximum Gasteiger partial charge on any atom is 0.255 e. The van der Waals surface area contributed by atoms with Crippen LogP contribution in [0.4, 0.5) is 10.1 Å². The number of rotatable bonds is 8. The zero-order chi connectivity index (χ0) is 24.8. The Balaban J connectivity index is 1.44. The van der Waals surface area contributed by atoms with E-state index in [-0.39, 0.29) is 5.56 Å². The van der Waals surface area contributed by atoms with Crippen LogP contribution in [0.25, 0.3) is 0 Å². The first-order valence-electron chi connectivity index (χ1n) is 11.7. The van der Waals surface area contributed by atoms with Crippen molar-refractivity contribution in [2.45, 2.75) is 31.1 Å². The van der Waals surface area contributed by atoms with Gasteiger partial charge in [-0.05, 0) is 80.1 Å². The average molecular weight is 497 g/mol. The quantitative estimate of drug-likeness (QED) is 0.470. The number of hydrogen-bond donors (Lipinski definition) is 1. The predicted octanol–water partition coefficient (Wildman–Crippen LogP) is 5.12. The lowest BCUT2D eigenvalue weighted by Crippen LogP contribution is -2.39. The molecule has 3 aromatic carbocycles. The van der Waals surface area contributed by atoms with Gasteiger partial charge < -0.3 is 10.1 Å². The number of ether oxygens (including phenoxy) is 1. The summed E-state index contributed by atoms with van der Waals surface area (Å²) in [6.07, 6.45) is 2.30. The molecule has 0 aliphatic carbocycles. The van der Waals surface area contributed by atoms with Gasteiger partial charge in [-0.15, -0.1) is 0 Å². The van der Waals surface area contributed by atoms with Gasteiger partial charge in [-0.3, -0.25) is 4.79 Å². The lowest BCUT2D eigenvalue weighted by atomic mass is 9.91. The number of nitrogens with zero attached hydrogens (tertiary/aromatic N) is 1. The molecule has 0 radical (unpaired) electrons. The number of carbonyl (C=O) groups is 1. The highest BCUT2D eigenvalue weighted by Crippen LogP contribution is 2.28. The zero-order valence-electron chi connectivity index (χ0n) is 19.6. The molecule has 3 aromatic rings. The number of hydrogen-bond acceptors (Lipinski definition) is 4. The Bertz CT molecular complexity index is 1260. The van der Waals surface area contributed by atoms with E-state index in [0.29, 0.717) is 49.9 Å². The molecule has 6 nitrogen and oxygen atoms in total. The number of carbonyl (C=O) groups excluding carboxylic acids is 1. The van der Waals surface area contributed by atoms with E-state index in [1.165, 1.54) is 15.9 Å². The molecule has 1 N–H and O–H groups in total. The van der Waals surface area contributed by atoms with Gasteiger partial charge in [0.2, 0.25) is 10.0 Å². The van der Waals surface area contributed by atoms with Gasteiger partial charge in [-0.25, -0.2) is 12.8 Å². The van der Waals surface area contributed by atoms with E-state index in [1.807, 2.05) is 25.1 Å². The van der Waals surface area contributed by atoms with Crippen molar-refractivity contribution in [3.05, 3.63) is 89.7 Å². The summed E-state index contributed by atoms with van der Waals surface area (Å²) in [6, 6.07) is 20.4. The summed E-state index contributed by atoms with van der Waals surface area (Å²) >= 11 is 0. The molecule has 8 heteroatoms. The third-order valence-electron chi connectivity index (χ3n) is 6.18. The van der Waals surface area contributed by atoms with Crippen LogP contribution in [0.15, 0.2) is 77.7 Å². The van der Waals surface area contributed by atoms with E-state index in [1.54, 1.807) is 24.3 Å². The maximum absolute atomic E-state index is 14.6. The van der Waals surface area contributed by atoms with Crippen molar-refractivity contribution in [2.24, 2.45) is 5.92 Å². The highest BCUT2D eigenvalue weighted by Gasteiger charge is 2.32. The zero-order valence-corrected chi connectivity index (χ0v) is 20.4. The first-order chi connectivity index (χ1) is 16.9. The lowest BCUT2D eigenvalue weighted by molar-refractivity contribution is 0.102. The van der Waals surface area contributed by atoms with Crippen LogP contribution in [0, 0.1) is 11.7 Å². The Kier molecular flexibility index (Phi) is 7.83. The summed E-state index contributed by atoms with van der Waals surface area (Å²) in [4.78, 5) is 12.3. The van der Waals surface area contributed by atoms with Gasteiger partial charge in [0.05, 0.1) is 6.61 Å². The molecule has 0 spiro atoms. The minimum absolute atomic E-state index is 0.0674. The number of halogens is 1. The second-order valence-electron chi connectivity index (χ2n) is 8.59. The fourth-order valence-electron chi connectivity index (χ4n) is 4.29. The SMILES string of the molecule is CCOc1ccc(NC(=O)c2ccc(F)c(S(=O)(=O)N3CCC(Cc4ccccc4)CC3)c2)cc1. The number of anilines is 1. The number of sulfonamides is 1. The van der Waals surface area contributed by atoms with Gasteiger partial charge in [-0.1, -0.05) is 30.3 Å². The van der Waals surface area contributed by atoms with Gasteiger partial charge >= 0.3 is 0 Å². The molecule has 0 aromatic heterocycles. The lowest BCUT2D eigenvalue weighted by Gasteiger charge is -2.31. The van der Waals surface area contributed by atoms with E-state index in [4.69, 9.17) is 4.74 Å². The Labute approximate surface area is 205 Å². The van der Waals surface area contributed by atoms with Crippen LogP contribution < -0.4 is 10.1 Å². The Hall–Kier alpha value is -3.23. The standard InChI is InChI=1S/C27H29FN2O4S/c1-2-34-24-11-9-23(10-12-24)29-27(31)22-8-13-25(28)26(19-22)35(32,33)30-16-14-21(15-17-30)18-20-6-4-3-5-7-20/h3-13,19,21H,2,14-18H2,1H3,(H,29,31). The number of amides is 1. The summed E-state index contributed by atoms with van der Waals surface area (Å²) in [5.74, 6) is -0.339.